The molecule has 0 radical (unpaired) electrons. The fourth-order valence-corrected chi connectivity index (χ4v) is 2.72. The summed E-state index contributed by atoms with van der Waals surface area (Å²) in [5.74, 6) is 0.315. The first-order chi connectivity index (χ1) is 7.24. The maximum absolute atomic E-state index is 12.0. The Bertz CT molecular complexity index is 244. The normalized spacial score (nSPS) is 32.9. The first-order valence-corrected chi connectivity index (χ1v) is 5.95. The molecule has 0 saturated carbocycles. The molecule has 0 aromatic heterocycles. The van der Waals surface area contributed by atoms with Gasteiger partial charge in [-0.1, -0.05) is 13.3 Å². The van der Waals surface area contributed by atoms with Crippen molar-refractivity contribution in [1.29, 1.82) is 0 Å². The van der Waals surface area contributed by atoms with Gasteiger partial charge < -0.3 is 10.2 Å². The van der Waals surface area contributed by atoms with Crippen molar-refractivity contribution in [2.45, 2.75) is 31.8 Å². The molecule has 2 aliphatic rings. The molecule has 86 valence electrons. The van der Waals surface area contributed by atoms with Crippen molar-refractivity contribution in [2.24, 2.45) is 0 Å². The van der Waals surface area contributed by atoms with Crippen molar-refractivity contribution in [2.75, 3.05) is 33.2 Å². The SMILES string of the molecule is CCCC1C(=O)N(C)CC2CNCCN21. The lowest BCUT2D eigenvalue weighted by molar-refractivity contribution is -0.144. The Hall–Kier alpha value is -0.610. The number of hydrogen-bond acceptors (Lipinski definition) is 3. The van der Waals surface area contributed by atoms with E-state index in [0.29, 0.717) is 11.9 Å². The standard InChI is InChI=1S/C11H21N3O/c1-3-4-10-11(15)13(2)8-9-7-12-5-6-14(9)10/h9-10,12H,3-8H2,1-2H3. The zero-order valence-electron chi connectivity index (χ0n) is 9.70. The largest absolute Gasteiger partial charge is 0.343 e. The number of fused-ring (bicyclic) bond motifs is 1. The average molecular weight is 211 g/mol. The molecule has 1 N–H and O–H groups in total. The fraction of sp³-hybridized carbons (Fsp3) is 0.909. The van der Waals surface area contributed by atoms with E-state index in [1.54, 1.807) is 0 Å². The molecule has 0 aliphatic carbocycles. The van der Waals surface area contributed by atoms with Crippen molar-refractivity contribution in [3.63, 3.8) is 0 Å². The first-order valence-electron chi connectivity index (χ1n) is 5.95. The van der Waals surface area contributed by atoms with E-state index in [0.717, 1.165) is 39.0 Å². The van der Waals surface area contributed by atoms with Crippen LogP contribution >= 0.6 is 0 Å². The second kappa shape index (κ2) is 4.49. The molecule has 0 spiro atoms. The zero-order valence-corrected chi connectivity index (χ0v) is 9.70. The molecule has 2 saturated heterocycles. The molecule has 4 nitrogen and oxygen atoms in total. The fourth-order valence-electron chi connectivity index (χ4n) is 2.72. The molecule has 2 unspecified atom stereocenters. The molecule has 2 aliphatic heterocycles. The van der Waals surface area contributed by atoms with Crippen LogP contribution in [0.5, 0.6) is 0 Å². The minimum atomic E-state index is 0.140. The van der Waals surface area contributed by atoms with E-state index in [1.807, 2.05) is 11.9 Å². The van der Waals surface area contributed by atoms with Gasteiger partial charge in [-0.3, -0.25) is 9.69 Å². The highest BCUT2D eigenvalue weighted by molar-refractivity contribution is 5.82. The number of carbonyl (C=O) groups excluding carboxylic acids is 1. The maximum Gasteiger partial charge on any atom is 0.239 e. The molecule has 2 atom stereocenters. The summed E-state index contributed by atoms with van der Waals surface area (Å²) < 4.78 is 0. The number of carbonyl (C=O) groups is 1. The highest BCUT2D eigenvalue weighted by atomic mass is 16.2. The summed E-state index contributed by atoms with van der Waals surface area (Å²) >= 11 is 0. The highest BCUT2D eigenvalue weighted by Crippen LogP contribution is 2.20. The van der Waals surface area contributed by atoms with Crippen LogP contribution in [0.25, 0.3) is 0 Å². The van der Waals surface area contributed by atoms with Crippen molar-refractivity contribution in [3.05, 3.63) is 0 Å². The topological polar surface area (TPSA) is 35.6 Å². The van der Waals surface area contributed by atoms with Gasteiger partial charge in [0.25, 0.3) is 0 Å². The summed E-state index contributed by atoms with van der Waals surface area (Å²) in [6, 6.07) is 0.666. The van der Waals surface area contributed by atoms with Crippen LogP contribution < -0.4 is 5.32 Å². The van der Waals surface area contributed by atoms with E-state index in [9.17, 15) is 4.79 Å². The van der Waals surface area contributed by atoms with Crippen LogP contribution in [0.15, 0.2) is 0 Å². The monoisotopic (exact) mass is 211 g/mol. The lowest BCUT2D eigenvalue weighted by Crippen LogP contribution is -2.66. The van der Waals surface area contributed by atoms with Gasteiger partial charge in [-0.2, -0.15) is 0 Å². The Morgan fingerprint density at radius 3 is 3.07 bits per heavy atom. The van der Waals surface area contributed by atoms with Crippen molar-refractivity contribution in [3.8, 4) is 0 Å². The van der Waals surface area contributed by atoms with Crippen LogP contribution in [0.4, 0.5) is 0 Å². The average Bonchev–Trinajstić information content (AvgIpc) is 2.25. The van der Waals surface area contributed by atoms with E-state index in [4.69, 9.17) is 0 Å². The molecule has 15 heavy (non-hydrogen) atoms. The number of likely N-dealkylation sites (N-methyl/N-ethyl adjacent to an activating group) is 1. The van der Waals surface area contributed by atoms with Crippen LogP contribution in [0.2, 0.25) is 0 Å². The predicted molar refractivity (Wildman–Crippen MR) is 59.7 cm³/mol. The Labute approximate surface area is 91.6 Å². The van der Waals surface area contributed by atoms with Gasteiger partial charge in [-0.25, -0.2) is 0 Å². The number of nitrogens with zero attached hydrogens (tertiary/aromatic N) is 2. The van der Waals surface area contributed by atoms with Crippen molar-refractivity contribution in [1.82, 2.24) is 15.1 Å². The number of piperazine rings is 2. The molecule has 2 rings (SSSR count). The minimum absolute atomic E-state index is 0.140. The van der Waals surface area contributed by atoms with Gasteiger partial charge in [0.05, 0.1) is 6.04 Å². The van der Waals surface area contributed by atoms with Crippen LogP contribution in [0.1, 0.15) is 19.8 Å². The second-order valence-corrected chi connectivity index (χ2v) is 4.62. The molecule has 1 amide bonds. The lowest BCUT2D eigenvalue weighted by Gasteiger charge is -2.47. The first kappa shape index (κ1) is 10.9. The molecular weight excluding hydrogens is 190 g/mol. The lowest BCUT2D eigenvalue weighted by atomic mass is 10.00. The third-order valence-electron chi connectivity index (χ3n) is 3.50. The molecule has 2 fully saturated rings. The number of nitrogens with one attached hydrogen (secondary N) is 1. The molecule has 0 bridgehead atoms. The van der Waals surface area contributed by atoms with E-state index in [2.05, 4.69) is 17.1 Å². The Balaban J connectivity index is 2.11. The minimum Gasteiger partial charge on any atom is -0.343 e. The summed E-state index contributed by atoms with van der Waals surface area (Å²) in [5.41, 5.74) is 0. The van der Waals surface area contributed by atoms with Crippen molar-refractivity contribution >= 4 is 5.91 Å². The Morgan fingerprint density at radius 2 is 2.33 bits per heavy atom. The molecule has 2 heterocycles. The summed E-state index contributed by atoms with van der Waals surface area (Å²) in [6.07, 6.45) is 2.08. The van der Waals surface area contributed by atoms with Crippen LogP contribution in [-0.2, 0) is 4.79 Å². The maximum atomic E-state index is 12.0. The summed E-state index contributed by atoms with van der Waals surface area (Å²) in [5, 5.41) is 3.40. The van der Waals surface area contributed by atoms with Crippen LogP contribution in [0, 0.1) is 0 Å². The van der Waals surface area contributed by atoms with Gasteiger partial charge in [-0.05, 0) is 6.42 Å². The molecular formula is C11H21N3O. The van der Waals surface area contributed by atoms with Gasteiger partial charge in [0.1, 0.15) is 0 Å². The van der Waals surface area contributed by atoms with Crippen LogP contribution in [0.3, 0.4) is 0 Å². The van der Waals surface area contributed by atoms with Gasteiger partial charge in [0, 0.05) is 39.3 Å². The molecule has 0 aromatic rings. The summed E-state index contributed by atoms with van der Waals surface area (Å²) in [4.78, 5) is 16.3. The second-order valence-electron chi connectivity index (χ2n) is 4.62. The number of hydrogen-bond donors (Lipinski definition) is 1. The molecule has 4 heteroatoms. The Kier molecular flexibility index (Phi) is 3.26. The third-order valence-corrected chi connectivity index (χ3v) is 3.50. The number of rotatable bonds is 2. The van der Waals surface area contributed by atoms with Gasteiger partial charge >= 0.3 is 0 Å². The van der Waals surface area contributed by atoms with Gasteiger partial charge in [-0.15, -0.1) is 0 Å². The smallest absolute Gasteiger partial charge is 0.239 e. The van der Waals surface area contributed by atoms with Gasteiger partial charge in [0.2, 0.25) is 5.91 Å². The van der Waals surface area contributed by atoms with Crippen LogP contribution in [-0.4, -0.2) is 61.0 Å². The Morgan fingerprint density at radius 1 is 1.53 bits per heavy atom. The number of amides is 1. The quantitative estimate of drug-likeness (QED) is 0.693. The third kappa shape index (κ3) is 2.01. The zero-order chi connectivity index (χ0) is 10.8. The van der Waals surface area contributed by atoms with E-state index < -0.39 is 0 Å². The summed E-state index contributed by atoms with van der Waals surface area (Å²) in [6.45, 7) is 6.10. The predicted octanol–water partition coefficient (Wildman–Crippen LogP) is -0.0991. The summed E-state index contributed by atoms with van der Waals surface area (Å²) in [7, 11) is 1.93. The van der Waals surface area contributed by atoms with E-state index >= 15 is 0 Å². The highest BCUT2D eigenvalue weighted by Gasteiger charge is 2.39. The molecule has 0 aromatic carbocycles. The van der Waals surface area contributed by atoms with E-state index in [-0.39, 0.29) is 6.04 Å². The van der Waals surface area contributed by atoms with Gasteiger partial charge in [0.15, 0.2) is 0 Å². The van der Waals surface area contributed by atoms with E-state index in [1.165, 1.54) is 0 Å². The van der Waals surface area contributed by atoms with Crippen molar-refractivity contribution < 1.29 is 4.79 Å².